The molecule has 0 radical (unpaired) electrons. The first-order chi connectivity index (χ1) is 6.56. The van der Waals surface area contributed by atoms with Crippen LogP contribution in [0.15, 0.2) is 6.07 Å². The maximum Gasteiger partial charge on any atom is 0.356 e. The molecule has 1 aromatic rings. The predicted molar refractivity (Wildman–Crippen MR) is 50.3 cm³/mol. The highest BCUT2D eigenvalue weighted by Crippen LogP contribution is 2.12. The summed E-state index contributed by atoms with van der Waals surface area (Å²) in [6.07, 6.45) is 0. The molecular weight excluding hydrogens is 184 g/mol. The van der Waals surface area contributed by atoms with Gasteiger partial charge in [0.05, 0.1) is 12.3 Å². The average Bonchev–Trinajstić information content (AvgIpc) is 2.49. The third-order valence-electron chi connectivity index (χ3n) is 1.81. The zero-order valence-electron chi connectivity index (χ0n) is 8.52. The summed E-state index contributed by atoms with van der Waals surface area (Å²) in [5, 5.41) is 12.7. The zero-order valence-corrected chi connectivity index (χ0v) is 8.52. The van der Waals surface area contributed by atoms with Crippen LogP contribution in [0.4, 0.5) is 0 Å². The Morgan fingerprint density at radius 2 is 2.36 bits per heavy atom. The van der Waals surface area contributed by atoms with Gasteiger partial charge in [0, 0.05) is 13.2 Å². The topological polar surface area (TPSA) is 64.3 Å². The highest BCUT2D eigenvalue weighted by Gasteiger charge is 2.14. The van der Waals surface area contributed by atoms with Gasteiger partial charge in [-0.05, 0) is 19.9 Å². The van der Waals surface area contributed by atoms with E-state index in [4.69, 9.17) is 9.84 Å². The molecule has 0 fully saturated rings. The Balaban J connectivity index is 3.05. The molecule has 0 bridgehead atoms. The maximum atomic E-state index is 10.7. The van der Waals surface area contributed by atoms with Crippen LogP contribution in [-0.4, -0.2) is 28.0 Å². The third-order valence-corrected chi connectivity index (χ3v) is 1.81. The quantitative estimate of drug-likeness (QED) is 0.792. The molecule has 1 rings (SSSR count). The molecular formula is C9H14N2O3. The molecule has 1 heterocycles. The molecule has 78 valence electrons. The van der Waals surface area contributed by atoms with Crippen LogP contribution >= 0.6 is 0 Å². The van der Waals surface area contributed by atoms with Crippen molar-refractivity contribution >= 4 is 5.97 Å². The Labute approximate surface area is 82.3 Å². The smallest absolute Gasteiger partial charge is 0.356 e. The van der Waals surface area contributed by atoms with Gasteiger partial charge in [-0.3, -0.25) is 4.68 Å². The number of aromatic carboxylic acids is 1. The van der Waals surface area contributed by atoms with Crippen LogP contribution in [0, 0.1) is 0 Å². The molecule has 0 unspecified atom stereocenters. The summed E-state index contributed by atoms with van der Waals surface area (Å²) < 4.78 is 6.62. The van der Waals surface area contributed by atoms with Gasteiger partial charge >= 0.3 is 5.97 Å². The van der Waals surface area contributed by atoms with E-state index in [1.165, 1.54) is 6.07 Å². The predicted octanol–water partition coefficient (Wildman–Crippen LogP) is 1.31. The lowest BCUT2D eigenvalue weighted by molar-refractivity contribution is 0.0689. The Kier molecular flexibility index (Phi) is 3.24. The van der Waals surface area contributed by atoms with Crippen LogP contribution in [0.5, 0.6) is 0 Å². The average molecular weight is 198 g/mol. The number of carboxylic acid groups (broad SMARTS) is 1. The third kappa shape index (κ3) is 2.11. The van der Waals surface area contributed by atoms with Crippen molar-refractivity contribution in [1.29, 1.82) is 0 Å². The number of carboxylic acids is 1. The van der Waals surface area contributed by atoms with E-state index in [9.17, 15) is 4.79 Å². The maximum absolute atomic E-state index is 10.7. The first-order valence-corrected chi connectivity index (χ1v) is 4.37. The monoisotopic (exact) mass is 198 g/mol. The highest BCUT2D eigenvalue weighted by atomic mass is 16.5. The van der Waals surface area contributed by atoms with E-state index in [1.54, 1.807) is 11.8 Å². The fraction of sp³-hybridized carbons (Fsp3) is 0.556. The summed E-state index contributed by atoms with van der Waals surface area (Å²) in [7, 11) is 1.57. The first kappa shape index (κ1) is 10.7. The van der Waals surface area contributed by atoms with Crippen molar-refractivity contribution in [3.63, 3.8) is 0 Å². The molecule has 0 amide bonds. The number of nitrogens with zero attached hydrogens (tertiary/aromatic N) is 2. The Morgan fingerprint density at radius 3 is 2.79 bits per heavy atom. The second-order valence-corrected chi connectivity index (χ2v) is 3.30. The van der Waals surface area contributed by atoms with Crippen molar-refractivity contribution in [2.75, 3.05) is 7.11 Å². The number of ether oxygens (including phenoxy) is 1. The van der Waals surface area contributed by atoms with E-state index in [1.807, 2.05) is 13.8 Å². The molecule has 0 aliphatic carbocycles. The molecule has 1 N–H and O–H groups in total. The van der Waals surface area contributed by atoms with Gasteiger partial charge in [-0.25, -0.2) is 4.79 Å². The van der Waals surface area contributed by atoms with Gasteiger partial charge < -0.3 is 9.84 Å². The second kappa shape index (κ2) is 4.23. The summed E-state index contributed by atoms with van der Waals surface area (Å²) in [6, 6.07) is 1.67. The van der Waals surface area contributed by atoms with Crippen molar-refractivity contribution in [1.82, 2.24) is 9.78 Å². The highest BCUT2D eigenvalue weighted by molar-refractivity contribution is 5.85. The SMILES string of the molecule is COCc1cc(C(=O)O)nn1C(C)C. The zero-order chi connectivity index (χ0) is 10.7. The number of rotatable bonds is 4. The van der Waals surface area contributed by atoms with Crippen LogP contribution in [0.2, 0.25) is 0 Å². The number of hydrogen-bond acceptors (Lipinski definition) is 3. The molecule has 5 nitrogen and oxygen atoms in total. The summed E-state index contributed by atoms with van der Waals surface area (Å²) >= 11 is 0. The van der Waals surface area contributed by atoms with Crippen molar-refractivity contribution in [3.8, 4) is 0 Å². The van der Waals surface area contributed by atoms with E-state index in [-0.39, 0.29) is 11.7 Å². The first-order valence-electron chi connectivity index (χ1n) is 4.37. The summed E-state index contributed by atoms with van der Waals surface area (Å²) in [5.41, 5.74) is 0.839. The van der Waals surface area contributed by atoms with E-state index < -0.39 is 5.97 Å². The molecule has 0 atom stereocenters. The van der Waals surface area contributed by atoms with Gasteiger partial charge in [0.25, 0.3) is 0 Å². The van der Waals surface area contributed by atoms with E-state index >= 15 is 0 Å². The minimum Gasteiger partial charge on any atom is -0.476 e. The van der Waals surface area contributed by atoms with E-state index in [2.05, 4.69) is 5.10 Å². The number of aromatic nitrogens is 2. The normalized spacial score (nSPS) is 10.9. The minimum atomic E-state index is -1.01. The van der Waals surface area contributed by atoms with Gasteiger partial charge in [-0.15, -0.1) is 0 Å². The lowest BCUT2D eigenvalue weighted by Gasteiger charge is -2.09. The summed E-state index contributed by atoms with van der Waals surface area (Å²) in [6.45, 7) is 4.26. The number of hydrogen-bond donors (Lipinski definition) is 1. The van der Waals surface area contributed by atoms with Gasteiger partial charge in [0.1, 0.15) is 0 Å². The lowest BCUT2D eigenvalue weighted by atomic mass is 10.3. The molecule has 0 aliphatic heterocycles. The fourth-order valence-electron chi connectivity index (χ4n) is 1.24. The van der Waals surface area contributed by atoms with Crippen LogP contribution < -0.4 is 0 Å². The van der Waals surface area contributed by atoms with Crippen LogP contribution in [0.25, 0.3) is 0 Å². The van der Waals surface area contributed by atoms with Crippen molar-refractivity contribution in [3.05, 3.63) is 17.5 Å². The number of carbonyl (C=O) groups is 1. The number of methoxy groups -OCH3 is 1. The van der Waals surface area contributed by atoms with Crippen LogP contribution in [0.1, 0.15) is 36.1 Å². The molecule has 5 heteroatoms. The molecule has 14 heavy (non-hydrogen) atoms. The fourth-order valence-corrected chi connectivity index (χ4v) is 1.24. The van der Waals surface area contributed by atoms with E-state index in [0.29, 0.717) is 6.61 Å². The Morgan fingerprint density at radius 1 is 1.71 bits per heavy atom. The van der Waals surface area contributed by atoms with Crippen LogP contribution in [0.3, 0.4) is 0 Å². The standard InChI is InChI=1S/C9H14N2O3/c1-6(2)11-7(5-14-3)4-8(10-11)9(12)13/h4,6H,5H2,1-3H3,(H,12,13). The molecule has 0 aliphatic rings. The van der Waals surface area contributed by atoms with Crippen molar-refractivity contribution < 1.29 is 14.6 Å². The molecule has 1 aromatic heterocycles. The molecule has 0 spiro atoms. The van der Waals surface area contributed by atoms with Crippen molar-refractivity contribution in [2.45, 2.75) is 26.5 Å². The largest absolute Gasteiger partial charge is 0.476 e. The summed E-state index contributed by atoms with van der Waals surface area (Å²) in [5.74, 6) is -1.01. The molecule has 0 saturated heterocycles. The Bertz CT molecular complexity index is 331. The van der Waals surface area contributed by atoms with Crippen molar-refractivity contribution in [2.24, 2.45) is 0 Å². The van der Waals surface area contributed by atoms with Gasteiger partial charge in [-0.2, -0.15) is 5.10 Å². The van der Waals surface area contributed by atoms with Gasteiger partial charge in [0.15, 0.2) is 5.69 Å². The van der Waals surface area contributed by atoms with Gasteiger partial charge in [0.2, 0.25) is 0 Å². The lowest BCUT2D eigenvalue weighted by Crippen LogP contribution is -2.09. The Hall–Kier alpha value is -1.36. The van der Waals surface area contributed by atoms with Crippen LogP contribution in [-0.2, 0) is 11.3 Å². The molecule has 0 aromatic carbocycles. The molecule has 0 saturated carbocycles. The van der Waals surface area contributed by atoms with E-state index in [0.717, 1.165) is 5.69 Å². The second-order valence-electron chi connectivity index (χ2n) is 3.30. The van der Waals surface area contributed by atoms with Gasteiger partial charge in [-0.1, -0.05) is 0 Å². The summed E-state index contributed by atoms with van der Waals surface area (Å²) in [4.78, 5) is 10.7. The minimum absolute atomic E-state index is 0.0609.